The quantitative estimate of drug-likeness (QED) is 0.758. The zero-order chi connectivity index (χ0) is 15.7. The Morgan fingerprint density at radius 3 is 1.87 bits per heavy atom. The Labute approximate surface area is 136 Å². The standard InChI is InChI=1S/C21H18O2/c22-19-15-21(16-9-3-1-4-10-16,17-11-5-2-6-12-17)23-20-14-8-7-13-18(19)20/h1-14,19,22H,15H2/t19-/m0/s1. The van der Waals surface area contributed by atoms with Crippen LogP contribution < -0.4 is 4.74 Å². The van der Waals surface area contributed by atoms with Crippen molar-refractivity contribution in [3.05, 3.63) is 102 Å². The van der Waals surface area contributed by atoms with Gasteiger partial charge in [0.15, 0.2) is 5.60 Å². The van der Waals surface area contributed by atoms with Crippen molar-refractivity contribution in [3.63, 3.8) is 0 Å². The fraction of sp³-hybridized carbons (Fsp3) is 0.143. The van der Waals surface area contributed by atoms with Gasteiger partial charge in [-0.05, 0) is 6.07 Å². The van der Waals surface area contributed by atoms with Gasteiger partial charge in [0.1, 0.15) is 5.75 Å². The van der Waals surface area contributed by atoms with Gasteiger partial charge < -0.3 is 9.84 Å². The van der Waals surface area contributed by atoms with Crippen molar-refractivity contribution in [2.24, 2.45) is 0 Å². The zero-order valence-electron chi connectivity index (χ0n) is 12.7. The summed E-state index contributed by atoms with van der Waals surface area (Å²) in [5, 5.41) is 10.7. The molecule has 0 unspecified atom stereocenters. The average Bonchev–Trinajstić information content (AvgIpc) is 2.63. The summed E-state index contributed by atoms with van der Waals surface area (Å²) in [4.78, 5) is 0. The van der Waals surface area contributed by atoms with E-state index in [4.69, 9.17) is 4.74 Å². The zero-order valence-corrected chi connectivity index (χ0v) is 12.7. The summed E-state index contributed by atoms with van der Waals surface area (Å²) < 4.78 is 6.50. The maximum atomic E-state index is 10.7. The van der Waals surface area contributed by atoms with Crippen LogP contribution in [-0.2, 0) is 5.60 Å². The predicted octanol–water partition coefficient (Wildman–Crippen LogP) is 4.45. The van der Waals surface area contributed by atoms with Crippen LogP contribution in [0.15, 0.2) is 84.9 Å². The van der Waals surface area contributed by atoms with Gasteiger partial charge in [0.05, 0.1) is 6.10 Å². The van der Waals surface area contributed by atoms with E-state index in [-0.39, 0.29) is 0 Å². The second-order valence-corrected chi connectivity index (χ2v) is 5.92. The fourth-order valence-corrected chi connectivity index (χ4v) is 3.40. The number of hydrogen-bond acceptors (Lipinski definition) is 2. The van der Waals surface area contributed by atoms with E-state index in [9.17, 15) is 5.11 Å². The number of ether oxygens (including phenoxy) is 1. The van der Waals surface area contributed by atoms with Crippen LogP contribution in [0.2, 0.25) is 0 Å². The third-order valence-corrected chi connectivity index (χ3v) is 4.52. The van der Waals surface area contributed by atoms with Crippen molar-refractivity contribution >= 4 is 0 Å². The molecule has 0 saturated heterocycles. The molecule has 1 N–H and O–H groups in total. The van der Waals surface area contributed by atoms with Crippen molar-refractivity contribution in [1.82, 2.24) is 0 Å². The molecule has 2 nitrogen and oxygen atoms in total. The van der Waals surface area contributed by atoms with E-state index in [0.29, 0.717) is 6.42 Å². The Morgan fingerprint density at radius 2 is 1.26 bits per heavy atom. The number of aliphatic hydroxyl groups is 1. The van der Waals surface area contributed by atoms with Gasteiger partial charge in [-0.15, -0.1) is 0 Å². The molecule has 0 aromatic heterocycles. The van der Waals surface area contributed by atoms with E-state index in [1.54, 1.807) is 0 Å². The third kappa shape index (κ3) is 2.32. The lowest BCUT2D eigenvalue weighted by atomic mass is 9.78. The number of aliphatic hydroxyl groups excluding tert-OH is 1. The van der Waals surface area contributed by atoms with Gasteiger partial charge in [0, 0.05) is 23.1 Å². The molecule has 3 aromatic carbocycles. The summed E-state index contributed by atoms with van der Waals surface area (Å²) >= 11 is 0. The first-order valence-corrected chi connectivity index (χ1v) is 7.87. The monoisotopic (exact) mass is 302 g/mol. The molecule has 0 saturated carbocycles. The molecule has 23 heavy (non-hydrogen) atoms. The van der Waals surface area contributed by atoms with Crippen molar-refractivity contribution in [2.45, 2.75) is 18.1 Å². The SMILES string of the molecule is O[C@H]1CC(c2ccccc2)(c2ccccc2)Oc2ccccc21. The maximum Gasteiger partial charge on any atom is 0.162 e. The largest absolute Gasteiger partial charge is 0.477 e. The molecule has 2 heteroatoms. The summed E-state index contributed by atoms with van der Waals surface area (Å²) in [7, 11) is 0. The second-order valence-electron chi connectivity index (χ2n) is 5.92. The highest BCUT2D eigenvalue weighted by Gasteiger charge is 2.43. The van der Waals surface area contributed by atoms with Crippen LogP contribution in [-0.4, -0.2) is 5.11 Å². The van der Waals surface area contributed by atoms with Crippen molar-refractivity contribution in [2.75, 3.05) is 0 Å². The molecule has 3 aromatic rings. The molecule has 1 atom stereocenters. The molecule has 4 rings (SSSR count). The van der Waals surface area contributed by atoms with Crippen LogP contribution in [0.1, 0.15) is 29.2 Å². The van der Waals surface area contributed by atoms with Crippen LogP contribution in [0.25, 0.3) is 0 Å². The van der Waals surface area contributed by atoms with Crippen LogP contribution in [0.5, 0.6) is 5.75 Å². The number of para-hydroxylation sites is 1. The van der Waals surface area contributed by atoms with E-state index in [2.05, 4.69) is 24.3 Å². The lowest BCUT2D eigenvalue weighted by Gasteiger charge is -2.41. The van der Waals surface area contributed by atoms with Crippen LogP contribution in [0.3, 0.4) is 0 Å². The summed E-state index contributed by atoms with van der Waals surface area (Å²) in [6.07, 6.45) is -0.0572. The molecule has 1 heterocycles. The Hall–Kier alpha value is -2.58. The van der Waals surface area contributed by atoms with Crippen molar-refractivity contribution < 1.29 is 9.84 Å². The minimum atomic E-state index is -0.670. The highest BCUT2D eigenvalue weighted by molar-refractivity contribution is 5.45. The predicted molar refractivity (Wildman–Crippen MR) is 90.3 cm³/mol. The normalized spacial score (nSPS) is 18.7. The molecule has 1 aliphatic rings. The first-order chi connectivity index (χ1) is 11.3. The molecule has 0 spiro atoms. The summed E-state index contributed by atoms with van der Waals surface area (Å²) in [6.45, 7) is 0. The Kier molecular flexibility index (Phi) is 3.40. The lowest BCUT2D eigenvalue weighted by molar-refractivity contribution is 0.0105. The Bertz CT molecular complexity index is 757. The number of fused-ring (bicyclic) bond motifs is 1. The maximum absolute atomic E-state index is 10.7. The van der Waals surface area contributed by atoms with Crippen LogP contribution in [0, 0.1) is 0 Å². The van der Waals surface area contributed by atoms with Gasteiger partial charge in [0.2, 0.25) is 0 Å². The van der Waals surface area contributed by atoms with E-state index in [0.717, 1.165) is 22.4 Å². The highest BCUT2D eigenvalue weighted by atomic mass is 16.5. The Balaban J connectivity index is 1.92. The van der Waals surface area contributed by atoms with Gasteiger partial charge in [-0.25, -0.2) is 0 Å². The highest BCUT2D eigenvalue weighted by Crippen LogP contribution is 2.48. The van der Waals surface area contributed by atoms with Gasteiger partial charge in [-0.3, -0.25) is 0 Å². The van der Waals surface area contributed by atoms with E-state index >= 15 is 0 Å². The molecule has 0 fully saturated rings. The van der Waals surface area contributed by atoms with E-state index in [1.165, 1.54) is 0 Å². The minimum Gasteiger partial charge on any atom is -0.477 e. The number of hydrogen-bond donors (Lipinski definition) is 1. The Morgan fingerprint density at radius 1 is 0.739 bits per heavy atom. The molecule has 1 aliphatic heterocycles. The molecule has 0 bridgehead atoms. The van der Waals surface area contributed by atoms with Gasteiger partial charge in [-0.2, -0.15) is 0 Å². The second kappa shape index (κ2) is 5.56. The minimum absolute atomic E-state index is 0.498. The topological polar surface area (TPSA) is 29.5 Å². The fourth-order valence-electron chi connectivity index (χ4n) is 3.40. The van der Waals surface area contributed by atoms with E-state index in [1.807, 2.05) is 60.7 Å². The summed E-state index contributed by atoms with van der Waals surface area (Å²) in [5.74, 6) is 0.749. The van der Waals surface area contributed by atoms with Crippen LogP contribution in [0.4, 0.5) is 0 Å². The summed E-state index contributed by atoms with van der Waals surface area (Å²) in [6, 6.07) is 28.0. The molecule has 0 amide bonds. The first kappa shape index (κ1) is 14.0. The molecular weight excluding hydrogens is 284 g/mol. The van der Waals surface area contributed by atoms with E-state index < -0.39 is 11.7 Å². The molecule has 0 aliphatic carbocycles. The first-order valence-electron chi connectivity index (χ1n) is 7.87. The van der Waals surface area contributed by atoms with Crippen LogP contribution >= 0.6 is 0 Å². The number of benzene rings is 3. The van der Waals surface area contributed by atoms with Crippen molar-refractivity contribution in [3.8, 4) is 5.75 Å². The van der Waals surface area contributed by atoms with Gasteiger partial charge >= 0.3 is 0 Å². The molecule has 0 radical (unpaired) electrons. The third-order valence-electron chi connectivity index (χ3n) is 4.52. The molecule has 114 valence electrons. The van der Waals surface area contributed by atoms with Gasteiger partial charge in [-0.1, -0.05) is 78.9 Å². The summed E-state index contributed by atoms with van der Waals surface area (Å²) in [5.41, 5.74) is 2.30. The van der Waals surface area contributed by atoms with Crippen molar-refractivity contribution in [1.29, 1.82) is 0 Å². The smallest absolute Gasteiger partial charge is 0.162 e. The molecular formula is C21H18O2. The van der Waals surface area contributed by atoms with Gasteiger partial charge in [0.25, 0.3) is 0 Å². The lowest BCUT2D eigenvalue weighted by Crippen LogP contribution is -2.39. The average molecular weight is 302 g/mol. The number of rotatable bonds is 2.